The van der Waals surface area contributed by atoms with E-state index in [4.69, 9.17) is 4.98 Å². The fourth-order valence-corrected chi connectivity index (χ4v) is 5.42. The Morgan fingerprint density at radius 2 is 1.90 bits per heavy atom. The summed E-state index contributed by atoms with van der Waals surface area (Å²) < 4.78 is 0. The van der Waals surface area contributed by atoms with Gasteiger partial charge in [-0.3, -0.25) is 14.5 Å². The van der Waals surface area contributed by atoms with E-state index >= 15 is 0 Å². The van der Waals surface area contributed by atoms with E-state index in [0.29, 0.717) is 12.2 Å². The Labute approximate surface area is 174 Å². The molecule has 3 aliphatic rings. The Morgan fingerprint density at radius 1 is 1.10 bits per heavy atom. The zero-order valence-electron chi connectivity index (χ0n) is 17.9. The van der Waals surface area contributed by atoms with E-state index in [1.165, 1.54) is 32.1 Å². The van der Waals surface area contributed by atoms with E-state index in [-0.39, 0.29) is 17.5 Å². The number of aromatic nitrogens is 2. The van der Waals surface area contributed by atoms with Crippen LogP contribution in [0.1, 0.15) is 94.3 Å². The summed E-state index contributed by atoms with van der Waals surface area (Å²) >= 11 is 0. The lowest BCUT2D eigenvalue weighted by Crippen LogP contribution is -2.42. The minimum atomic E-state index is -0.0685. The van der Waals surface area contributed by atoms with Crippen molar-refractivity contribution < 1.29 is 4.79 Å². The van der Waals surface area contributed by atoms with Crippen LogP contribution >= 0.6 is 0 Å². The molecule has 2 fully saturated rings. The third-order valence-corrected chi connectivity index (χ3v) is 7.01. The van der Waals surface area contributed by atoms with Crippen molar-refractivity contribution in [3.05, 3.63) is 27.4 Å². The van der Waals surface area contributed by atoms with Gasteiger partial charge in [0.25, 0.3) is 5.56 Å². The lowest BCUT2D eigenvalue weighted by Gasteiger charge is -2.36. The molecule has 1 amide bonds. The van der Waals surface area contributed by atoms with Gasteiger partial charge in [0.05, 0.1) is 17.3 Å². The number of likely N-dealkylation sites (tertiary alicyclic amines) is 1. The Balaban J connectivity index is 1.49. The minimum Gasteiger partial charge on any atom is -0.333 e. The third-order valence-electron chi connectivity index (χ3n) is 7.01. The molecule has 1 atom stereocenters. The summed E-state index contributed by atoms with van der Waals surface area (Å²) in [6.45, 7) is 5.64. The number of carbonyl (C=O) groups is 1. The van der Waals surface area contributed by atoms with Crippen molar-refractivity contribution in [2.24, 2.45) is 5.92 Å². The van der Waals surface area contributed by atoms with Gasteiger partial charge in [0.2, 0.25) is 5.91 Å². The SMILES string of the molecule is CCCC(=O)N1CCCC[C@H]1c1nc2c(c(=O)[nH]1)CN(CC1CCCCC1)CC2. The van der Waals surface area contributed by atoms with E-state index in [9.17, 15) is 9.59 Å². The zero-order chi connectivity index (χ0) is 20.2. The van der Waals surface area contributed by atoms with Gasteiger partial charge in [-0.2, -0.15) is 0 Å². The average molecular weight is 401 g/mol. The van der Waals surface area contributed by atoms with E-state index in [0.717, 1.165) is 75.5 Å². The van der Waals surface area contributed by atoms with Crippen molar-refractivity contribution in [3.63, 3.8) is 0 Å². The Morgan fingerprint density at radius 3 is 2.69 bits per heavy atom. The normalized spacial score (nSPS) is 23.8. The van der Waals surface area contributed by atoms with E-state index in [1.807, 2.05) is 11.8 Å². The molecule has 3 heterocycles. The van der Waals surface area contributed by atoms with Crippen LogP contribution in [0.4, 0.5) is 0 Å². The number of nitrogens with zero attached hydrogens (tertiary/aromatic N) is 3. The maximum Gasteiger partial charge on any atom is 0.255 e. The maximum absolute atomic E-state index is 12.9. The standard InChI is InChI=1S/C23H36N4O2/c1-2-8-21(28)27-13-7-6-11-20(27)22-24-19-12-14-26(16-18(19)23(29)25-22)15-17-9-4-3-5-10-17/h17,20H,2-16H2,1H3,(H,24,25,29)/t20-/m0/s1. The molecule has 1 N–H and O–H groups in total. The minimum absolute atomic E-state index is 0.00630. The van der Waals surface area contributed by atoms with Gasteiger partial charge in [-0.15, -0.1) is 0 Å². The second kappa shape index (κ2) is 9.41. The topological polar surface area (TPSA) is 69.3 Å². The van der Waals surface area contributed by atoms with Crippen molar-refractivity contribution in [2.75, 3.05) is 19.6 Å². The molecule has 0 aromatic carbocycles. The summed E-state index contributed by atoms with van der Waals surface area (Å²) in [5.41, 5.74) is 1.81. The molecule has 0 unspecified atom stereocenters. The van der Waals surface area contributed by atoms with Gasteiger partial charge < -0.3 is 9.88 Å². The number of hydrogen-bond acceptors (Lipinski definition) is 4. The highest BCUT2D eigenvalue weighted by atomic mass is 16.2. The lowest BCUT2D eigenvalue weighted by molar-refractivity contribution is -0.135. The number of hydrogen-bond donors (Lipinski definition) is 1. The summed E-state index contributed by atoms with van der Waals surface area (Å²) in [4.78, 5) is 37.9. The maximum atomic E-state index is 12.9. The fraction of sp³-hybridized carbons (Fsp3) is 0.783. The molecule has 6 heteroatoms. The second-order valence-corrected chi connectivity index (χ2v) is 9.21. The first-order valence-electron chi connectivity index (χ1n) is 11.8. The van der Waals surface area contributed by atoms with Crippen molar-refractivity contribution in [2.45, 2.75) is 90.1 Å². The number of fused-ring (bicyclic) bond motifs is 1. The molecule has 2 aliphatic heterocycles. The van der Waals surface area contributed by atoms with Gasteiger partial charge >= 0.3 is 0 Å². The van der Waals surface area contributed by atoms with Gasteiger partial charge in [0.1, 0.15) is 5.82 Å². The van der Waals surface area contributed by atoms with Crippen LogP contribution in [0.15, 0.2) is 4.79 Å². The summed E-state index contributed by atoms with van der Waals surface area (Å²) in [6, 6.07) is -0.0685. The van der Waals surface area contributed by atoms with Crippen LogP contribution < -0.4 is 5.56 Å². The quantitative estimate of drug-likeness (QED) is 0.820. The van der Waals surface area contributed by atoms with Gasteiger partial charge in [-0.1, -0.05) is 26.2 Å². The highest BCUT2D eigenvalue weighted by molar-refractivity contribution is 5.76. The Bertz CT molecular complexity index is 769. The number of piperidine rings is 1. The van der Waals surface area contributed by atoms with Crippen LogP contribution in [0.3, 0.4) is 0 Å². The van der Waals surface area contributed by atoms with Crippen LogP contribution in [0.25, 0.3) is 0 Å². The van der Waals surface area contributed by atoms with Crippen LogP contribution in [0, 0.1) is 5.92 Å². The number of amides is 1. The molecule has 1 aromatic rings. The van der Waals surface area contributed by atoms with Crippen LogP contribution in [-0.2, 0) is 17.8 Å². The summed E-state index contributed by atoms with van der Waals surface area (Å²) in [6.07, 6.45) is 12.0. The summed E-state index contributed by atoms with van der Waals surface area (Å²) in [7, 11) is 0. The number of nitrogens with one attached hydrogen (secondary N) is 1. The number of H-pyrrole nitrogens is 1. The molecule has 29 heavy (non-hydrogen) atoms. The van der Waals surface area contributed by atoms with Crippen molar-refractivity contribution in [1.82, 2.24) is 19.8 Å². The largest absolute Gasteiger partial charge is 0.333 e. The number of aromatic amines is 1. The van der Waals surface area contributed by atoms with E-state index in [1.54, 1.807) is 0 Å². The van der Waals surface area contributed by atoms with Gasteiger partial charge in [0.15, 0.2) is 0 Å². The first kappa shape index (κ1) is 20.6. The Kier molecular flexibility index (Phi) is 6.68. The van der Waals surface area contributed by atoms with Crippen molar-refractivity contribution in [3.8, 4) is 0 Å². The molecule has 1 saturated carbocycles. The highest BCUT2D eigenvalue weighted by Gasteiger charge is 2.31. The molecule has 1 aromatic heterocycles. The van der Waals surface area contributed by atoms with Crippen molar-refractivity contribution >= 4 is 5.91 Å². The molecular formula is C23H36N4O2. The van der Waals surface area contributed by atoms with Gasteiger partial charge in [-0.05, 0) is 44.4 Å². The zero-order valence-corrected chi connectivity index (χ0v) is 17.9. The van der Waals surface area contributed by atoms with Crippen LogP contribution in [-0.4, -0.2) is 45.3 Å². The molecule has 0 radical (unpaired) electrons. The average Bonchev–Trinajstić information content (AvgIpc) is 2.75. The first-order chi connectivity index (χ1) is 14.2. The Hall–Kier alpha value is -1.69. The summed E-state index contributed by atoms with van der Waals surface area (Å²) in [5, 5.41) is 0. The monoisotopic (exact) mass is 400 g/mol. The molecule has 1 saturated heterocycles. The molecule has 160 valence electrons. The van der Waals surface area contributed by atoms with Gasteiger partial charge in [-0.25, -0.2) is 4.98 Å². The first-order valence-corrected chi connectivity index (χ1v) is 11.8. The predicted octanol–water partition coefficient (Wildman–Crippen LogP) is 3.56. The molecule has 0 bridgehead atoms. The number of rotatable bonds is 5. The lowest BCUT2D eigenvalue weighted by atomic mass is 9.88. The summed E-state index contributed by atoms with van der Waals surface area (Å²) in [5.74, 6) is 1.69. The highest BCUT2D eigenvalue weighted by Crippen LogP contribution is 2.30. The molecular weight excluding hydrogens is 364 g/mol. The van der Waals surface area contributed by atoms with E-state index in [2.05, 4.69) is 9.88 Å². The molecule has 0 spiro atoms. The second-order valence-electron chi connectivity index (χ2n) is 9.21. The molecule has 4 rings (SSSR count). The number of carbonyl (C=O) groups excluding carboxylic acids is 1. The van der Waals surface area contributed by atoms with Crippen molar-refractivity contribution in [1.29, 1.82) is 0 Å². The smallest absolute Gasteiger partial charge is 0.255 e. The van der Waals surface area contributed by atoms with Gasteiger partial charge in [0, 0.05) is 39.0 Å². The molecule has 1 aliphatic carbocycles. The predicted molar refractivity (Wildman–Crippen MR) is 114 cm³/mol. The molecule has 6 nitrogen and oxygen atoms in total. The third kappa shape index (κ3) is 4.73. The van der Waals surface area contributed by atoms with Crippen LogP contribution in [0.2, 0.25) is 0 Å². The fourth-order valence-electron chi connectivity index (χ4n) is 5.42. The van der Waals surface area contributed by atoms with Crippen LogP contribution in [0.5, 0.6) is 0 Å². The van der Waals surface area contributed by atoms with E-state index < -0.39 is 0 Å².